The van der Waals surface area contributed by atoms with Gasteiger partial charge in [-0.2, -0.15) is 0 Å². The van der Waals surface area contributed by atoms with Gasteiger partial charge in [0.15, 0.2) is 0 Å². The molecule has 0 unspecified atom stereocenters. The normalized spacial score (nSPS) is 13.5. The van der Waals surface area contributed by atoms with Crippen LogP contribution in [0.2, 0.25) is 0 Å². The summed E-state index contributed by atoms with van der Waals surface area (Å²) in [5, 5.41) is 6.41. The van der Waals surface area contributed by atoms with E-state index in [1.54, 1.807) is 30.2 Å². The second kappa shape index (κ2) is 18.4. The molecule has 0 heterocycles. The first-order valence-electron chi connectivity index (χ1n) is 17.7. The first-order chi connectivity index (χ1) is 21.1. The van der Waals surface area contributed by atoms with E-state index in [-0.39, 0.29) is 37.2 Å². The first kappa shape index (κ1) is 45.0. The van der Waals surface area contributed by atoms with Crippen molar-refractivity contribution in [3.8, 4) is 0 Å². The van der Waals surface area contributed by atoms with Crippen LogP contribution in [0.1, 0.15) is 172 Å². The zero-order valence-corrected chi connectivity index (χ0v) is 36.6. The average molecular weight is 758 g/mol. The number of hydrogen-bond donors (Lipinski definition) is 0. The summed E-state index contributed by atoms with van der Waals surface area (Å²) < 4.78 is 1.55. The van der Waals surface area contributed by atoms with Gasteiger partial charge in [0.2, 0.25) is 0 Å². The first-order valence-corrected chi connectivity index (χ1v) is 20.5. The Labute approximate surface area is 326 Å². The van der Waals surface area contributed by atoms with Crippen molar-refractivity contribution >= 4 is 23.6 Å². The van der Waals surface area contributed by atoms with E-state index in [9.17, 15) is 0 Å². The third-order valence-corrected chi connectivity index (χ3v) is 16.4. The third kappa shape index (κ3) is 9.05. The van der Waals surface area contributed by atoms with Crippen LogP contribution in [0.15, 0.2) is 75.3 Å². The Morgan fingerprint density at radius 1 is 0.479 bits per heavy atom. The largest absolute Gasteiger partial charge is 1.00 e. The molecule has 0 atom stereocenters. The maximum absolute atomic E-state index is 2.75. The van der Waals surface area contributed by atoms with Crippen molar-refractivity contribution in [2.24, 2.45) is 0 Å². The molecule has 0 aliphatic heterocycles. The van der Waals surface area contributed by atoms with Gasteiger partial charge < -0.3 is 37.2 Å². The molecule has 48 heavy (non-hydrogen) atoms. The van der Waals surface area contributed by atoms with Crippen LogP contribution in [0.25, 0.3) is 0 Å². The van der Waals surface area contributed by atoms with Gasteiger partial charge in [-0.3, -0.25) is 0 Å². The van der Waals surface area contributed by atoms with E-state index < -0.39 is 8.07 Å². The van der Waals surface area contributed by atoms with Gasteiger partial charge in [-0.25, -0.2) is 0 Å². The Bertz CT molecular complexity index is 1360. The molecule has 3 aromatic carbocycles. The monoisotopic (exact) mass is 756 g/mol. The van der Waals surface area contributed by atoms with Crippen molar-refractivity contribution in [2.45, 2.75) is 138 Å². The molecule has 0 saturated carbocycles. The van der Waals surface area contributed by atoms with Crippen molar-refractivity contribution < 1.29 is 57.7 Å². The predicted molar refractivity (Wildman–Crippen MR) is 199 cm³/mol. The second-order valence-electron chi connectivity index (χ2n) is 15.5. The quantitative estimate of drug-likeness (QED) is 0.208. The molecule has 0 fully saturated rings. The van der Waals surface area contributed by atoms with Gasteiger partial charge in [0.1, 0.15) is 0 Å². The van der Waals surface area contributed by atoms with Crippen molar-refractivity contribution in [1.82, 2.24) is 0 Å². The minimum atomic E-state index is -2.75. The Balaban J connectivity index is 0.00000384. The van der Waals surface area contributed by atoms with E-state index in [0.29, 0.717) is 35.5 Å². The van der Waals surface area contributed by atoms with Gasteiger partial charge in [-0.05, 0) is 0 Å². The molecule has 0 radical (unpaired) electrons. The Morgan fingerprint density at radius 2 is 0.729 bits per heavy atom. The number of allylic oxidation sites excluding steroid dienone is 4. The van der Waals surface area contributed by atoms with Gasteiger partial charge in [0, 0.05) is 0 Å². The Kier molecular flexibility index (Phi) is 17.3. The van der Waals surface area contributed by atoms with E-state index in [2.05, 4.69) is 171 Å². The summed E-state index contributed by atoms with van der Waals surface area (Å²) >= 11 is 2.44. The number of rotatable bonds is 11. The zero-order chi connectivity index (χ0) is 33.4. The molecule has 0 aromatic heterocycles. The van der Waals surface area contributed by atoms with Crippen molar-refractivity contribution in [3.05, 3.63) is 109 Å². The van der Waals surface area contributed by atoms with Crippen molar-refractivity contribution in [3.63, 3.8) is 0 Å². The molecular formula is C43H59Cl3SiTi. The number of hydrogen-bond acceptors (Lipinski definition) is 0. The SMILES string of the molecule is CCC1=CCC([Si](c2cc(C(C)C)cc(C(C)C)c2)(c2cc(C(C)C)cc(C(C)C)c2)c2cc(C(C)C)cc(C(C)C)c2)=[C]1[Ti+3].[Cl-].[Cl-].[Cl-]. The molecule has 0 amide bonds. The van der Waals surface area contributed by atoms with Gasteiger partial charge >= 0.3 is 291 Å². The molecule has 1 aliphatic carbocycles. The van der Waals surface area contributed by atoms with Crippen LogP contribution >= 0.6 is 0 Å². The molecule has 4 rings (SSSR count). The van der Waals surface area contributed by atoms with Crippen LogP contribution in [-0.4, -0.2) is 8.07 Å². The molecule has 0 bridgehead atoms. The fourth-order valence-electron chi connectivity index (χ4n) is 6.99. The third-order valence-electron chi connectivity index (χ3n) is 10.2. The zero-order valence-electron chi connectivity index (χ0n) is 31.8. The molecule has 0 nitrogen and oxygen atoms in total. The van der Waals surface area contributed by atoms with Crippen molar-refractivity contribution in [2.75, 3.05) is 0 Å². The maximum atomic E-state index is 2.64. The number of benzene rings is 3. The summed E-state index contributed by atoms with van der Waals surface area (Å²) in [6, 6.07) is 23.3. The van der Waals surface area contributed by atoms with Crippen LogP contribution in [0, 0.1) is 0 Å². The molecular weight excluding hydrogens is 699 g/mol. The molecule has 0 spiro atoms. The molecule has 0 saturated heterocycles. The number of halogens is 3. The van der Waals surface area contributed by atoms with Gasteiger partial charge in [0.05, 0.1) is 0 Å². The molecule has 0 N–H and O–H groups in total. The summed E-state index contributed by atoms with van der Waals surface area (Å²) in [5.41, 5.74) is 10.4. The summed E-state index contributed by atoms with van der Waals surface area (Å²) in [5.74, 6) is 2.83. The minimum Gasteiger partial charge on any atom is -1.00 e. The van der Waals surface area contributed by atoms with E-state index in [1.165, 1.54) is 33.4 Å². The van der Waals surface area contributed by atoms with E-state index in [1.807, 2.05) is 0 Å². The topological polar surface area (TPSA) is 0 Å². The Hall–Kier alpha value is -1.06. The van der Waals surface area contributed by atoms with Crippen molar-refractivity contribution in [1.29, 1.82) is 0 Å². The van der Waals surface area contributed by atoms with E-state index >= 15 is 0 Å². The molecule has 3 aromatic rings. The van der Waals surface area contributed by atoms with Gasteiger partial charge in [-0.15, -0.1) is 0 Å². The van der Waals surface area contributed by atoms with E-state index in [4.69, 9.17) is 0 Å². The maximum Gasteiger partial charge on any atom is -1.00 e. The predicted octanol–water partition coefficient (Wildman–Crippen LogP) is 1.99. The van der Waals surface area contributed by atoms with E-state index in [0.717, 1.165) is 12.8 Å². The summed E-state index contributed by atoms with van der Waals surface area (Å²) in [7, 11) is -2.75. The van der Waals surface area contributed by atoms with Gasteiger partial charge in [-0.1, -0.05) is 0 Å². The van der Waals surface area contributed by atoms with Crippen LogP contribution in [-0.2, 0) is 20.4 Å². The van der Waals surface area contributed by atoms with Crippen LogP contribution in [0.4, 0.5) is 0 Å². The fourth-order valence-corrected chi connectivity index (χ4v) is 13.7. The summed E-state index contributed by atoms with van der Waals surface area (Å²) in [6.07, 6.45) is 4.71. The van der Waals surface area contributed by atoms with Gasteiger partial charge in [0.25, 0.3) is 0 Å². The summed E-state index contributed by atoms with van der Waals surface area (Å²) in [6.45, 7) is 30.8. The molecule has 5 heteroatoms. The standard InChI is InChI=1S/C43H59Si.3ClH.Ti/c1-14-33-15-16-40(17-33)44(41-21-34(27(2)3)18-35(22-41)28(4)5,42-23-36(29(6)7)19-37(24-42)30(8)9)43-25-38(31(10)11)20-39(26-43)32(12)13;;;;/h15,18-32H,14,16H2,1-13H3;3*1H;/q;;;;+3/p-3. The minimum absolute atomic E-state index is 0. The second-order valence-corrected chi connectivity index (χ2v) is 20.1. The molecule has 1 aliphatic rings. The Morgan fingerprint density at radius 3 is 0.917 bits per heavy atom. The van der Waals surface area contributed by atoms with Crippen LogP contribution in [0.3, 0.4) is 0 Å². The summed E-state index contributed by atoms with van der Waals surface area (Å²) in [4.78, 5) is 0. The average Bonchev–Trinajstić information content (AvgIpc) is 3.37. The molecule has 260 valence electrons. The fraction of sp³-hybridized carbons (Fsp3) is 0.488. The van der Waals surface area contributed by atoms with Crippen LogP contribution < -0.4 is 52.8 Å². The smallest absolute Gasteiger partial charge is 1.00 e. The van der Waals surface area contributed by atoms with Crippen LogP contribution in [0.5, 0.6) is 0 Å².